The molecule has 1 saturated carbocycles. The highest BCUT2D eigenvalue weighted by Gasteiger charge is 2.61. The Morgan fingerprint density at radius 2 is 1.69 bits per heavy atom. The SMILES string of the molecule is CCc1c(-c2nnc(C3(C(F)(F)F)CCC3)s2)nc(-c2ccc(Cl)cc2Cl)n1-c1ccc(Cl)cc1. The molecule has 0 unspecified atom stereocenters. The Morgan fingerprint density at radius 3 is 2.26 bits per heavy atom. The Morgan fingerprint density at radius 1 is 1.00 bits per heavy atom. The van der Waals surface area contributed by atoms with Crippen LogP contribution in [0.3, 0.4) is 0 Å². The first-order valence-corrected chi connectivity index (χ1v) is 12.8. The van der Waals surface area contributed by atoms with E-state index in [0.717, 1.165) is 22.7 Å². The second kappa shape index (κ2) is 9.07. The summed E-state index contributed by atoms with van der Waals surface area (Å²) in [5.74, 6) is 0.520. The third-order valence-corrected chi connectivity index (χ3v) is 8.29. The number of rotatable bonds is 5. The largest absolute Gasteiger partial charge is 0.400 e. The van der Waals surface area contributed by atoms with Crippen molar-refractivity contribution in [2.75, 3.05) is 0 Å². The van der Waals surface area contributed by atoms with Gasteiger partial charge in [0.05, 0.1) is 10.7 Å². The van der Waals surface area contributed by atoms with Crippen LogP contribution in [0.15, 0.2) is 42.5 Å². The molecule has 11 heteroatoms. The molecule has 0 radical (unpaired) electrons. The third kappa shape index (κ3) is 4.14. The first kappa shape index (κ1) is 24.6. The zero-order chi connectivity index (χ0) is 25.0. The molecule has 0 bridgehead atoms. The van der Waals surface area contributed by atoms with E-state index in [2.05, 4.69) is 10.2 Å². The van der Waals surface area contributed by atoms with Crippen molar-refractivity contribution in [1.82, 2.24) is 19.7 Å². The number of halogens is 6. The van der Waals surface area contributed by atoms with E-state index in [-0.39, 0.29) is 17.8 Å². The van der Waals surface area contributed by atoms with Crippen LogP contribution >= 0.6 is 46.1 Å². The normalized spacial score (nSPS) is 15.3. The zero-order valence-electron chi connectivity index (χ0n) is 18.3. The van der Waals surface area contributed by atoms with Crippen LogP contribution in [0, 0.1) is 0 Å². The molecule has 2 heterocycles. The molecule has 4 aromatic rings. The van der Waals surface area contributed by atoms with E-state index in [4.69, 9.17) is 39.8 Å². The molecule has 1 aliphatic rings. The van der Waals surface area contributed by atoms with Gasteiger partial charge in [-0.15, -0.1) is 10.2 Å². The molecular weight excluding hydrogens is 540 g/mol. The van der Waals surface area contributed by atoms with Crippen LogP contribution < -0.4 is 0 Å². The average Bonchev–Trinajstić information content (AvgIpc) is 3.37. The first-order chi connectivity index (χ1) is 16.6. The summed E-state index contributed by atoms with van der Waals surface area (Å²) < 4.78 is 43.6. The minimum atomic E-state index is -4.37. The quantitative estimate of drug-likeness (QED) is 0.247. The Bertz CT molecular complexity index is 1390. The highest BCUT2D eigenvalue weighted by Crippen LogP contribution is 2.55. The Labute approximate surface area is 218 Å². The van der Waals surface area contributed by atoms with Crippen LogP contribution in [0.2, 0.25) is 15.1 Å². The highest BCUT2D eigenvalue weighted by molar-refractivity contribution is 7.14. The van der Waals surface area contributed by atoms with Gasteiger partial charge in [0.1, 0.15) is 21.9 Å². The van der Waals surface area contributed by atoms with E-state index in [1.807, 2.05) is 23.6 Å². The standard InChI is InChI=1S/C24H18Cl3F3N4S/c1-2-18-19(21-32-33-22(35-21)23(10-3-11-23)24(28,29)30)31-20(16-9-6-14(26)12-17(16)27)34(18)15-7-4-13(25)5-8-15/h4-9,12H,2-3,10-11H2,1H3. The van der Waals surface area contributed by atoms with Crippen LogP contribution in [0.4, 0.5) is 13.2 Å². The number of nitrogens with zero attached hydrogens (tertiary/aromatic N) is 4. The Balaban J connectivity index is 1.71. The molecule has 4 nitrogen and oxygen atoms in total. The number of benzene rings is 2. The van der Waals surface area contributed by atoms with E-state index in [1.165, 1.54) is 0 Å². The van der Waals surface area contributed by atoms with Crippen LogP contribution in [0.1, 0.15) is 36.9 Å². The monoisotopic (exact) mass is 556 g/mol. The van der Waals surface area contributed by atoms with Crippen LogP contribution in [0.25, 0.3) is 27.8 Å². The molecule has 35 heavy (non-hydrogen) atoms. The summed E-state index contributed by atoms with van der Waals surface area (Å²) >= 11 is 19.7. The van der Waals surface area contributed by atoms with Crippen LogP contribution in [0.5, 0.6) is 0 Å². The molecule has 1 aliphatic carbocycles. The number of alkyl halides is 3. The molecule has 0 spiro atoms. The van der Waals surface area contributed by atoms with Crippen molar-refractivity contribution in [2.24, 2.45) is 0 Å². The lowest BCUT2D eigenvalue weighted by Crippen LogP contribution is -2.47. The molecule has 0 saturated heterocycles. The second-order valence-electron chi connectivity index (χ2n) is 8.37. The Hall–Kier alpha value is -2.13. The van der Waals surface area contributed by atoms with E-state index in [1.54, 1.807) is 30.3 Å². The number of aromatic nitrogens is 4. The molecular formula is C24H18Cl3F3N4S. The van der Waals surface area contributed by atoms with Gasteiger partial charge in [-0.3, -0.25) is 4.57 Å². The fourth-order valence-corrected chi connectivity index (χ4v) is 6.07. The molecule has 0 N–H and O–H groups in total. The number of hydrogen-bond donors (Lipinski definition) is 0. The van der Waals surface area contributed by atoms with E-state index >= 15 is 0 Å². The molecule has 1 fully saturated rings. The van der Waals surface area contributed by atoms with Gasteiger partial charge in [0.25, 0.3) is 0 Å². The highest BCUT2D eigenvalue weighted by atomic mass is 35.5. The summed E-state index contributed by atoms with van der Waals surface area (Å²) in [4.78, 5) is 4.84. The molecule has 5 rings (SSSR count). The summed E-state index contributed by atoms with van der Waals surface area (Å²) in [7, 11) is 0. The van der Waals surface area contributed by atoms with Crippen molar-refractivity contribution < 1.29 is 13.2 Å². The first-order valence-electron chi connectivity index (χ1n) is 10.9. The minimum absolute atomic E-state index is 0.0135. The van der Waals surface area contributed by atoms with Gasteiger partial charge in [0.2, 0.25) is 0 Å². The lowest BCUT2D eigenvalue weighted by atomic mass is 9.68. The van der Waals surface area contributed by atoms with Gasteiger partial charge in [0, 0.05) is 21.3 Å². The van der Waals surface area contributed by atoms with Crippen molar-refractivity contribution in [3.63, 3.8) is 0 Å². The van der Waals surface area contributed by atoms with Gasteiger partial charge < -0.3 is 0 Å². The van der Waals surface area contributed by atoms with Crippen molar-refractivity contribution in [3.8, 4) is 27.8 Å². The smallest absolute Gasteiger partial charge is 0.296 e. The fraction of sp³-hybridized carbons (Fsp3) is 0.292. The van der Waals surface area contributed by atoms with Crippen LogP contribution in [-0.2, 0) is 11.8 Å². The van der Waals surface area contributed by atoms with Gasteiger partial charge in [-0.1, -0.05) is 59.5 Å². The topological polar surface area (TPSA) is 43.6 Å². The van der Waals surface area contributed by atoms with Crippen molar-refractivity contribution in [1.29, 1.82) is 0 Å². The maximum Gasteiger partial charge on any atom is 0.400 e. The molecule has 182 valence electrons. The van der Waals surface area contributed by atoms with Crippen molar-refractivity contribution >= 4 is 46.1 Å². The molecule has 0 atom stereocenters. The number of hydrogen-bond acceptors (Lipinski definition) is 4. The summed E-state index contributed by atoms with van der Waals surface area (Å²) in [6.07, 6.45) is -3.28. The summed E-state index contributed by atoms with van der Waals surface area (Å²) in [5, 5.41) is 9.93. The lowest BCUT2D eigenvalue weighted by molar-refractivity contribution is -0.212. The van der Waals surface area contributed by atoms with E-state index < -0.39 is 11.6 Å². The second-order valence-corrected chi connectivity index (χ2v) is 10.6. The molecule has 0 amide bonds. The lowest BCUT2D eigenvalue weighted by Gasteiger charge is -2.40. The number of imidazole rings is 1. The van der Waals surface area contributed by atoms with E-state index in [9.17, 15) is 13.2 Å². The molecule has 2 aromatic carbocycles. The van der Waals surface area contributed by atoms with E-state index in [0.29, 0.717) is 50.0 Å². The van der Waals surface area contributed by atoms with Gasteiger partial charge >= 0.3 is 6.18 Å². The predicted molar refractivity (Wildman–Crippen MR) is 134 cm³/mol. The van der Waals surface area contributed by atoms with Crippen molar-refractivity contribution in [3.05, 3.63) is 68.2 Å². The van der Waals surface area contributed by atoms with Gasteiger partial charge in [-0.2, -0.15) is 13.2 Å². The maximum absolute atomic E-state index is 13.9. The Kier molecular flexibility index (Phi) is 6.36. The molecule has 0 aliphatic heterocycles. The maximum atomic E-state index is 13.9. The van der Waals surface area contributed by atoms with Gasteiger partial charge in [-0.05, 0) is 61.7 Å². The average molecular weight is 558 g/mol. The minimum Gasteiger partial charge on any atom is -0.296 e. The summed E-state index contributed by atoms with van der Waals surface area (Å²) in [6.45, 7) is 1.95. The predicted octanol–water partition coefficient (Wildman–Crippen LogP) is 8.56. The summed E-state index contributed by atoms with van der Waals surface area (Å²) in [5.41, 5.74) is 0.731. The van der Waals surface area contributed by atoms with Gasteiger partial charge in [-0.25, -0.2) is 4.98 Å². The zero-order valence-corrected chi connectivity index (χ0v) is 21.4. The fourth-order valence-electron chi connectivity index (χ4n) is 4.33. The molecule has 2 aromatic heterocycles. The van der Waals surface area contributed by atoms with Crippen LogP contribution in [-0.4, -0.2) is 25.9 Å². The van der Waals surface area contributed by atoms with Crippen molar-refractivity contribution in [2.45, 2.75) is 44.2 Å². The van der Waals surface area contributed by atoms with Gasteiger partial charge in [0.15, 0.2) is 5.01 Å². The summed E-state index contributed by atoms with van der Waals surface area (Å²) in [6, 6.07) is 12.3. The third-order valence-electron chi connectivity index (χ3n) is 6.35.